The quantitative estimate of drug-likeness (QED) is 0.337. The van der Waals surface area contributed by atoms with E-state index < -0.39 is 28.4 Å². The Morgan fingerprint density at radius 1 is 1.03 bits per heavy atom. The molecule has 8 nitrogen and oxygen atoms in total. The minimum Gasteiger partial charge on any atom is -0.487 e. The van der Waals surface area contributed by atoms with Crippen molar-refractivity contribution in [1.82, 2.24) is 9.29 Å². The molecular weight excluding hydrogens is 464 g/mol. The van der Waals surface area contributed by atoms with Crippen LogP contribution in [0.25, 0.3) is 0 Å². The molecule has 0 radical (unpaired) electrons. The Morgan fingerprint density at radius 2 is 1.79 bits per heavy atom. The Labute approximate surface area is 195 Å². The highest BCUT2D eigenvalue weighted by Gasteiger charge is 2.27. The second-order valence-corrected chi connectivity index (χ2v) is 10.1. The first-order valence-corrected chi connectivity index (χ1v) is 12.7. The van der Waals surface area contributed by atoms with E-state index in [1.54, 1.807) is 23.7 Å². The van der Waals surface area contributed by atoms with Crippen molar-refractivity contribution in [3.63, 3.8) is 0 Å². The maximum absolute atomic E-state index is 12.6. The summed E-state index contributed by atoms with van der Waals surface area (Å²) in [6, 6.07) is 12.2. The molecule has 2 heterocycles. The van der Waals surface area contributed by atoms with Gasteiger partial charge in [0, 0.05) is 24.0 Å². The van der Waals surface area contributed by atoms with E-state index in [2.05, 4.69) is 4.98 Å². The van der Waals surface area contributed by atoms with Crippen molar-refractivity contribution in [2.24, 2.45) is 0 Å². The normalized spacial score (nSPS) is 14.2. The summed E-state index contributed by atoms with van der Waals surface area (Å²) >= 11 is 1.47. The van der Waals surface area contributed by atoms with Gasteiger partial charge in [-0.2, -0.15) is 4.31 Å². The van der Waals surface area contributed by atoms with Gasteiger partial charge in [-0.3, -0.25) is 4.79 Å². The van der Waals surface area contributed by atoms with Gasteiger partial charge in [-0.25, -0.2) is 18.2 Å². The fourth-order valence-electron chi connectivity index (χ4n) is 3.37. The van der Waals surface area contributed by atoms with E-state index >= 15 is 0 Å². The molecule has 0 spiro atoms. The molecule has 1 aliphatic rings. The molecule has 0 atom stereocenters. The average Bonchev–Trinajstić information content (AvgIpc) is 3.56. The Kier molecular flexibility index (Phi) is 7.17. The fraction of sp³-hybridized carbons (Fsp3) is 0.261. The van der Waals surface area contributed by atoms with Crippen molar-refractivity contribution in [3.8, 4) is 5.75 Å². The summed E-state index contributed by atoms with van der Waals surface area (Å²) in [5, 5.41) is 1.87. The summed E-state index contributed by atoms with van der Waals surface area (Å²) < 4.78 is 37.4. The zero-order valence-corrected chi connectivity index (χ0v) is 19.3. The first-order valence-electron chi connectivity index (χ1n) is 10.3. The lowest BCUT2D eigenvalue weighted by atomic mass is 10.1. The van der Waals surface area contributed by atoms with Crippen molar-refractivity contribution < 1.29 is 27.5 Å². The third-order valence-corrected chi connectivity index (χ3v) is 7.70. The first kappa shape index (κ1) is 23.1. The highest BCUT2D eigenvalue weighted by Crippen LogP contribution is 2.21. The summed E-state index contributed by atoms with van der Waals surface area (Å²) in [6.07, 6.45) is 1.70. The van der Waals surface area contributed by atoms with Crippen molar-refractivity contribution >= 4 is 33.1 Å². The van der Waals surface area contributed by atoms with Crippen LogP contribution < -0.4 is 4.74 Å². The van der Waals surface area contributed by atoms with Crippen molar-refractivity contribution in [1.29, 1.82) is 0 Å². The van der Waals surface area contributed by atoms with Crippen LogP contribution in [-0.4, -0.2) is 49.2 Å². The molecule has 0 aliphatic carbocycles. The molecule has 2 aromatic carbocycles. The number of aromatic nitrogens is 1. The van der Waals surface area contributed by atoms with E-state index in [1.165, 1.54) is 46.0 Å². The first-order chi connectivity index (χ1) is 15.9. The van der Waals surface area contributed by atoms with Crippen molar-refractivity contribution in [3.05, 3.63) is 76.2 Å². The summed E-state index contributed by atoms with van der Waals surface area (Å²) in [7, 11) is -3.54. The van der Waals surface area contributed by atoms with Crippen LogP contribution in [0.1, 0.15) is 39.3 Å². The number of Topliss-reactive ketones (excluding diaryl/α,β-unsaturated/α-hetero) is 1. The van der Waals surface area contributed by atoms with Gasteiger partial charge in [0.1, 0.15) is 12.4 Å². The topological polar surface area (TPSA) is 103 Å². The lowest BCUT2D eigenvalue weighted by molar-refractivity contribution is 0.0474. The smallest absolute Gasteiger partial charge is 0.338 e. The van der Waals surface area contributed by atoms with Gasteiger partial charge in [-0.1, -0.05) is 6.07 Å². The molecule has 0 unspecified atom stereocenters. The SMILES string of the molecule is O=C(COC(=O)c1cccc(OCc2cscn2)c1)c1ccc(S(=O)(=O)N2CCCC2)cc1. The van der Waals surface area contributed by atoms with Crippen LogP contribution >= 0.6 is 11.3 Å². The minimum atomic E-state index is -3.54. The third kappa shape index (κ3) is 5.65. The number of benzene rings is 2. The molecular formula is C23H22N2O6S2. The number of rotatable bonds is 9. The predicted octanol–water partition coefficient (Wildman–Crippen LogP) is 3.55. The van der Waals surface area contributed by atoms with Gasteiger partial charge >= 0.3 is 5.97 Å². The van der Waals surface area contributed by atoms with Gasteiger partial charge in [-0.15, -0.1) is 11.3 Å². The van der Waals surface area contributed by atoms with Crippen molar-refractivity contribution in [2.75, 3.05) is 19.7 Å². The second kappa shape index (κ2) is 10.2. The Morgan fingerprint density at radius 3 is 2.48 bits per heavy atom. The number of sulfonamides is 1. The highest BCUT2D eigenvalue weighted by atomic mass is 32.2. The van der Waals surface area contributed by atoms with E-state index in [4.69, 9.17) is 9.47 Å². The molecule has 0 saturated carbocycles. The van der Waals surface area contributed by atoms with Crippen LogP contribution in [0.15, 0.2) is 64.3 Å². The van der Waals surface area contributed by atoms with Crippen molar-refractivity contribution in [2.45, 2.75) is 24.3 Å². The molecule has 0 N–H and O–H groups in total. The van der Waals surface area contributed by atoms with Gasteiger partial charge < -0.3 is 9.47 Å². The molecule has 1 saturated heterocycles. The van der Waals surface area contributed by atoms with Crippen LogP contribution in [0, 0.1) is 0 Å². The zero-order chi connectivity index (χ0) is 23.3. The number of esters is 1. The highest BCUT2D eigenvalue weighted by molar-refractivity contribution is 7.89. The van der Waals surface area contributed by atoms with Crippen LogP contribution in [0.5, 0.6) is 5.75 Å². The van der Waals surface area contributed by atoms with Gasteiger partial charge in [0.2, 0.25) is 10.0 Å². The molecule has 33 heavy (non-hydrogen) atoms. The van der Waals surface area contributed by atoms with E-state index in [0.29, 0.717) is 18.8 Å². The molecule has 10 heteroatoms. The maximum atomic E-state index is 12.6. The van der Waals surface area contributed by atoms with E-state index in [9.17, 15) is 18.0 Å². The van der Waals surface area contributed by atoms with Crippen LogP contribution in [0.4, 0.5) is 0 Å². The number of ether oxygens (including phenoxy) is 2. The Hall–Kier alpha value is -3.08. The summed E-state index contributed by atoms with van der Waals surface area (Å²) in [4.78, 5) is 29.1. The predicted molar refractivity (Wildman–Crippen MR) is 122 cm³/mol. The van der Waals surface area contributed by atoms with Gasteiger partial charge in [0.15, 0.2) is 12.4 Å². The van der Waals surface area contributed by atoms with Gasteiger partial charge in [0.25, 0.3) is 0 Å². The molecule has 4 rings (SSSR count). The number of carbonyl (C=O) groups is 2. The minimum absolute atomic E-state index is 0.146. The van der Waals surface area contributed by atoms with Crippen LogP contribution in [0.2, 0.25) is 0 Å². The Balaban J connectivity index is 1.33. The average molecular weight is 487 g/mol. The molecule has 0 bridgehead atoms. The van der Waals surface area contributed by atoms with Gasteiger partial charge in [-0.05, 0) is 55.3 Å². The lowest BCUT2D eigenvalue weighted by Gasteiger charge is -2.15. The van der Waals surface area contributed by atoms with E-state index in [0.717, 1.165) is 18.5 Å². The summed E-state index contributed by atoms with van der Waals surface area (Å²) in [5.74, 6) is -0.598. The van der Waals surface area contributed by atoms with Crippen LogP contribution in [-0.2, 0) is 21.4 Å². The van der Waals surface area contributed by atoms with Crippen LogP contribution in [0.3, 0.4) is 0 Å². The third-order valence-electron chi connectivity index (χ3n) is 5.15. The lowest BCUT2D eigenvalue weighted by Crippen LogP contribution is -2.27. The van der Waals surface area contributed by atoms with E-state index in [-0.39, 0.29) is 22.6 Å². The largest absolute Gasteiger partial charge is 0.487 e. The zero-order valence-electron chi connectivity index (χ0n) is 17.7. The Bertz CT molecular complexity index is 1220. The molecule has 0 amide bonds. The standard InChI is InChI=1S/C23H22N2O6S2/c26-22(17-6-8-21(9-7-17)33(28,29)25-10-1-2-11-25)14-31-23(27)18-4-3-5-20(12-18)30-13-19-15-32-16-24-19/h3-9,12,15-16H,1-2,10-11,13-14H2. The number of ketones is 1. The molecule has 1 fully saturated rings. The number of carbonyl (C=O) groups excluding carboxylic acids is 2. The molecule has 1 aliphatic heterocycles. The molecule has 3 aromatic rings. The van der Waals surface area contributed by atoms with E-state index in [1.807, 2.05) is 5.38 Å². The number of hydrogen-bond donors (Lipinski definition) is 0. The van der Waals surface area contributed by atoms with Gasteiger partial charge in [0.05, 0.1) is 21.7 Å². The summed E-state index contributed by atoms with van der Waals surface area (Å²) in [6.45, 7) is 0.844. The number of nitrogens with zero attached hydrogens (tertiary/aromatic N) is 2. The molecule has 172 valence electrons. The number of thiazole rings is 1. The maximum Gasteiger partial charge on any atom is 0.338 e. The number of hydrogen-bond acceptors (Lipinski definition) is 8. The monoisotopic (exact) mass is 486 g/mol. The second-order valence-electron chi connectivity index (χ2n) is 7.43. The summed E-state index contributed by atoms with van der Waals surface area (Å²) in [5.41, 5.74) is 3.02. The molecule has 1 aromatic heterocycles. The fourth-order valence-corrected chi connectivity index (χ4v) is 5.43.